The van der Waals surface area contributed by atoms with Crippen molar-refractivity contribution in [2.24, 2.45) is 17.7 Å². The van der Waals surface area contributed by atoms with Gasteiger partial charge in [-0.05, 0) is 18.3 Å². The number of hydrazine groups is 1. The molecule has 0 spiro atoms. The second kappa shape index (κ2) is 8.08. The molecule has 0 aromatic heterocycles. The molecule has 1 fully saturated rings. The van der Waals surface area contributed by atoms with Crippen molar-refractivity contribution >= 4 is 0 Å². The van der Waals surface area contributed by atoms with Gasteiger partial charge in [-0.3, -0.25) is 11.3 Å². The first-order valence-electron chi connectivity index (χ1n) is 7.27. The molecule has 1 rings (SSSR count). The van der Waals surface area contributed by atoms with Gasteiger partial charge in [0.1, 0.15) is 0 Å². The van der Waals surface area contributed by atoms with Gasteiger partial charge in [-0.25, -0.2) is 0 Å². The third-order valence-electron chi connectivity index (χ3n) is 4.39. The number of nitrogens with one attached hydrogen (secondary N) is 1. The highest BCUT2D eigenvalue weighted by atomic mass is 15.2. The first-order valence-corrected chi connectivity index (χ1v) is 7.27. The van der Waals surface area contributed by atoms with Crippen LogP contribution in [0, 0.1) is 11.8 Å². The Hall–Kier alpha value is -0.0800. The Morgan fingerprint density at radius 1 is 1.06 bits per heavy atom. The Kier molecular flexibility index (Phi) is 7.06. The Labute approximate surface area is 101 Å². The molecule has 1 unspecified atom stereocenters. The van der Waals surface area contributed by atoms with Crippen LogP contribution in [0.1, 0.15) is 71.6 Å². The first-order chi connectivity index (χ1) is 7.81. The molecule has 0 radical (unpaired) electrons. The Balaban J connectivity index is 2.40. The van der Waals surface area contributed by atoms with Gasteiger partial charge in [0.15, 0.2) is 0 Å². The average Bonchev–Trinajstić information content (AvgIpc) is 2.57. The van der Waals surface area contributed by atoms with E-state index in [2.05, 4.69) is 19.3 Å². The van der Waals surface area contributed by atoms with Crippen LogP contribution in [-0.2, 0) is 0 Å². The van der Waals surface area contributed by atoms with E-state index in [1.54, 1.807) is 0 Å². The van der Waals surface area contributed by atoms with E-state index in [1.807, 2.05) is 0 Å². The van der Waals surface area contributed by atoms with Crippen LogP contribution in [0.25, 0.3) is 0 Å². The molecule has 1 saturated carbocycles. The van der Waals surface area contributed by atoms with Gasteiger partial charge in [0.05, 0.1) is 0 Å². The van der Waals surface area contributed by atoms with E-state index in [0.717, 1.165) is 11.8 Å². The van der Waals surface area contributed by atoms with E-state index in [9.17, 15) is 0 Å². The monoisotopic (exact) mass is 226 g/mol. The summed E-state index contributed by atoms with van der Waals surface area (Å²) in [6.45, 7) is 4.57. The van der Waals surface area contributed by atoms with Crippen molar-refractivity contribution in [1.29, 1.82) is 0 Å². The fourth-order valence-electron chi connectivity index (χ4n) is 3.21. The number of hydrogen-bond donors (Lipinski definition) is 2. The predicted octanol–water partition coefficient (Wildman–Crippen LogP) is 3.62. The molecule has 0 aliphatic heterocycles. The van der Waals surface area contributed by atoms with Crippen LogP contribution in [-0.4, -0.2) is 6.04 Å². The van der Waals surface area contributed by atoms with E-state index < -0.39 is 0 Å². The van der Waals surface area contributed by atoms with Gasteiger partial charge < -0.3 is 0 Å². The maximum absolute atomic E-state index is 5.73. The maximum atomic E-state index is 5.73. The molecule has 96 valence electrons. The zero-order valence-electron chi connectivity index (χ0n) is 11.2. The highest BCUT2D eigenvalue weighted by Crippen LogP contribution is 2.29. The minimum Gasteiger partial charge on any atom is -0.271 e. The topological polar surface area (TPSA) is 38.0 Å². The molecule has 2 heteroatoms. The summed E-state index contributed by atoms with van der Waals surface area (Å²) >= 11 is 0. The third kappa shape index (κ3) is 4.42. The molecule has 0 saturated heterocycles. The Morgan fingerprint density at radius 2 is 1.62 bits per heavy atom. The minimum absolute atomic E-state index is 0.540. The third-order valence-corrected chi connectivity index (χ3v) is 4.39. The maximum Gasteiger partial charge on any atom is 0.0241 e. The molecular formula is C14H30N2. The van der Waals surface area contributed by atoms with Crippen molar-refractivity contribution in [3.8, 4) is 0 Å². The summed E-state index contributed by atoms with van der Waals surface area (Å²) < 4.78 is 0. The summed E-state index contributed by atoms with van der Waals surface area (Å²) in [7, 11) is 0. The summed E-state index contributed by atoms with van der Waals surface area (Å²) in [4.78, 5) is 0. The molecule has 0 aromatic carbocycles. The zero-order chi connectivity index (χ0) is 11.8. The zero-order valence-corrected chi connectivity index (χ0v) is 11.2. The largest absolute Gasteiger partial charge is 0.271 e. The van der Waals surface area contributed by atoms with E-state index in [0.29, 0.717) is 6.04 Å². The quantitative estimate of drug-likeness (QED) is 0.412. The van der Waals surface area contributed by atoms with Crippen molar-refractivity contribution in [2.45, 2.75) is 77.7 Å². The van der Waals surface area contributed by atoms with Gasteiger partial charge in [-0.15, -0.1) is 0 Å². The molecular weight excluding hydrogens is 196 g/mol. The molecule has 2 nitrogen and oxygen atoms in total. The van der Waals surface area contributed by atoms with Crippen molar-refractivity contribution < 1.29 is 0 Å². The summed E-state index contributed by atoms with van der Waals surface area (Å²) in [5, 5.41) is 0. The lowest BCUT2D eigenvalue weighted by molar-refractivity contribution is 0.266. The van der Waals surface area contributed by atoms with Crippen LogP contribution in [0.4, 0.5) is 0 Å². The molecule has 3 N–H and O–H groups in total. The highest BCUT2D eigenvalue weighted by molar-refractivity contribution is 4.77. The van der Waals surface area contributed by atoms with Crippen molar-refractivity contribution in [2.75, 3.05) is 0 Å². The van der Waals surface area contributed by atoms with E-state index in [1.165, 1.54) is 57.8 Å². The second-order valence-electron chi connectivity index (χ2n) is 5.44. The summed E-state index contributed by atoms with van der Waals surface area (Å²) in [5.41, 5.74) is 3.07. The van der Waals surface area contributed by atoms with Crippen LogP contribution >= 0.6 is 0 Å². The molecule has 0 heterocycles. The molecule has 0 bridgehead atoms. The SMILES string of the molecule is CCC(CC)C(CC1CCCCCC1)NN. The smallest absolute Gasteiger partial charge is 0.0241 e. The molecule has 1 aliphatic carbocycles. The average molecular weight is 226 g/mol. The number of hydrogen-bond acceptors (Lipinski definition) is 2. The summed E-state index contributed by atoms with van der Waals surface area (Å²) in [5.74, 6) is 7.41. The Morgan fingerprint density at radius 3 is 2.06 bits per heavy atom. The van der Waals surface area contributed by atoms with Crippen LogP contribution in [0.3, 0.4) is 0 Å². The van der Waals surface area contributed by atoms with Crippen LogP contribution in [0.15, 0.2) is 0 Å². The second-order valence-corrected chi connectivity index (χ2v) is 5.44. The summed E-state index contributed by atoms with van der Waals surface area (Å²) in [6.07, 6.45) is 12.4. The highest BCUT2D eigenvalue weighted by Gasteiger charge is 2.22. The van der Waals surface area contributed by atoms with E-state index in [-0.39, 0.29) is 0 Å². The lowest BCUT2D eigenvalue weighted by Gasteiger charge is -2.28. The number of nitrogens with two attached hydrogens (primary N) is 1. The van der Waals surface area contributed by atoms with Gasteiger partial charge in [-0.2, -0.15) is 0 Å². The normalized spacial score (nSPS) is 21.0. The van der Waals surface area contributed by atoms with Crippen LogP contribution < -0.4 is 11.3 Å². The van der Waals surface area contributed by atoms with Crippen molar-refractivity contribution in [3.63, 3.8) is 0 Å². The van der Waals surface area contributed by atoms with E-state index in [4.69, 9.17) is 5.84 Å². The van der Waals surface area contributed by atoms with Gasteiger partial charge in [0, 0.05) is 6.04 Å². The molecule has 0 amide bonds. The van der Waals surface area contributed by atoms with Gasteiger partial charge >= 0.3 is 0 Å². The number of rotatable bonds is 6. The fraction of sp³-hybridized carbons (Fsp3) is 1.00. The Bertz CT molecular complexity index is 158. The lowest BCUT2D eigenvalue weighted by atomic mass is 9.84. The summed E-state index contributed by atoms with van der Waals surface area (Å²) in [6, 6.07) is 0.540. The van der Waals surface area contributed by atoms with Crippen LogP contribution in [0.2, 0.25) is 0 Å². The fourth-order valence-corrected chi connectivity index (χ4v) is 3.21. The minimum atomic E-state index is 0.540. The van der Waals surface area contributed by atoms with Gasteiger partial charge in [-0.1, -0.05) is 65.2 Å². The van der Waals surface area contributed by atoms with E-state index >= 15 is 0 Å². The first kappa shape index (κ1) is 14.0. The van der Waals surface area contributed by atoms with Gasteiger partial charge in [0.2, 0.25) is 0 Å². The van der Waals surface area contributed by atoms with Crippen LogP contribution in [0.5, 0.6) is 0 Å². The van der Waals surface area contributed by atoms with Gasteiger partial charge in [0.25, 0.3) is 0 Å². The molecule has 16 heavy (non-hydrogen) atoms. The predicted molar refractivity (Wildman–Crippen MR) is 71.0 cm³/mol. The molecule has 1 aliphatic rings. The van der Waals surface area contributed by atoms with Crippen molar-refractivity contribution in [3.05, 3.63) is 0 Å². The standard InChI is InChI=1S/C14H30N2/c1-3-13(4-2)14(16-15)11-12-9-7-5-6-8-10-12/h12-14,16H,3-11,15H2,1-2H3. The molecule has 0 aromatic rings. The lowest BCUT2D eigenvalue weighted by Crippen LogP contribution is -2.41. The van der Waals surface area contributed by atoms with Crippen molar-refractivity contribution in [1.82, 2.24) is 5.43 Å². The molecule has 1 atom stereocenters.